The highest BCUT2D eigenvalue weighted by atomic mass is 16.4. The van der Waals surface area contributed by atoms with Crippen molar-refractivity contribution in [1.29, 1.82) is 0 Å². The molecular weight excluding hydrogens is 620 g/mol. The lowest BCUT2D eigenvalue weighted by atomic mass is 9.63. The molecule has 0 heterocycles. The Balaban J connectivity index is 2.31. The topological polar surface area (TPSA) is 149 Å². The standard InChI is InChI=1S/C41H44O8/c1-5-9-25-21-29(13-17-33(25)37(42)43)41(30-14-18-34(38(44)45)26(22-30)10-6-2,31-15-19-35(39(46)47)27(23-31)11-7-3)32-16-20-36(40(48)49)28(24-32)12-8-4/h13-24H,5-12H2,1-4H3,(H,42,43)(H,44,45)(H,46,47)(H,48,49). The van der Waals surface area contributed by atoms with Crippen molar-refractivity contribution >= 4 is 23.9 Å². The highest BCUT2D eigenvalue weighted by Gasteiger charge is 2.41. The van der Waals surface area contributed by atoms with Crippen molar-refractivity contribution in [2.75, 3.05) is 0 Å². The summed E-state index contributed by atoms with van der Waals surface area (Å²) in [5.74, 6) is -4.21. The monoisotopic (exact) mass is 664 g/mol. The predicted octanol–water partition coefficient (Wildman–Crippen LogP) is 8.67. The van der Waals surface area contributed by atoms with E-state index in [2.05, 4.69) is 0 Å². The smallest absolute Gasteiger partial charge is 0.335 e. The molecule has 256 valence electrons. The van der Waals surface area contributed by atoms with Gasteiger partial charge in [0.2, 0.25) is 0 Å². The van der Waals surface area contributed by atoms with E-state index in [0.29, 0.717) is 95.9 Å². The van der Waals surface area contributed by atoms with Gasteiger partial charge >= 0.3 is 23.9 Å². The number of carbonyl (C=O) groups is 4. The van der Waals surface area contributed by atoms with Crippen molar-refractivity contribution in [1.82, 2.24) is 0 Å². The molecule has 4 aromatic carbocycles. The Kier molecular flexibility index (Phi) is 11.8. The molecule has 0 amide bonds. The molecule has 0 fully saturated rings. The number of aryl methyl sites for hydroxylation is 4. The Morgan fingerprint density at radius 1 is 0.408 bits per heavy atom. The second-order valence-corrected chi connectivity index (χ2v) is 12.5. The van der Waals surface area contributed by atoms with Gasteiger partial charge in [-0.3, -0.25) is 0 Å². The maximum absolute atomic E-state index is 12.4. The van der Waals surface area contributed by atoms with Gasteiger partial charge in [0.25, 0.3) is 0 Å². The fourth-order valence-electron chi connectivity index (χ4n) is 7.05. The Morgan fingerprint density at radius 3 is 0.776 bits per heavy atom. The molecule has 0 radical (unpaired) electrons. The second kappa shape index (κ2) is 15.8. The third-order valence-corrected chi connectivity index (χ3v) is 9.15. The van der Waals surface area contributed by atoms with Crippen LogP contribution in [-0.4, -0.2) is 44.3 Å². The summed E-state index contributed by atoms with van der Waals surface area (Å²) in [6.45, 7) is 7.88. The zero-order chi connectivity index (χ0) is 35.9. The van der Waals surface area contributed by atoms with E-state index in [1.54, 1.807) is 48.5 Å². The van der Waals surface area contributed by atoms with Crippen LogP contribution in [-0.2, 0) is 31.1 Å². The first kappa shape index (κ1) is 36.6. The van der Waals surface area contributed by atoms with Crippen LogP contribution in [0.1, 0.15) is 139 Å². The number of rotatable bonds is 16. The lowest BCUT2D eigenvalue weighted by molar-refractivity contribution is 0.0684. The number of benzene rings is 4. The van der Waals surface area contributed by atoms with Crippen molar-refractivity contribution in [2.24, 2.45) is 0 Å². The summed E-state index contributed by atoms with van der Waals surface area (Å²) in [6.07, 6.45) is 4.70. The zero-order valence-electron chi connectivity index (χ0n) is 28.5. The molecule has 0 saturated heterocycles. The first-order chi connectivity index (χ1) is 23.4. The van der Waals surface area contributed by atoms with E-state index in [0.717, 1.165) is 0 Å². The molecule has 0 spiro atoms. The molecule has 0 aliphatic carbocycles. The molecule has 0 atom stereocenters. The van der Waals surface area contributed by atoms with Crippen LogP contribution in [0.15, 0.2) is 72.8 Å². The van der Waals surface area contributed by atoms with Crippen molar-refractivity contribution in [2.45, 2.75) is 84.5 Å². The molecule has 0 unspecified atom stereocenters. The van der Waals surface area contributed by atoms with E-state index in [4.69, 9.17) is 0 Å². The Hall–Kier alpha value is -5.24. The van der Waals surface area contributed by atoms with Crippen LogP contribution in [0.2, 0.25) is 0 Å². The van der Waals surface area contributed by atoms with Gasteiger partial charge in [0.05, 0.1) is 27.7 Å². The van der Waals surface area contributed by atoms with E-state index >= 15 is 0 Å². The van der Waals surface area contributed by atoms with E-state index in [1.165, 1.54) is 0 Å². The van der Waals surface area contributed by atoms with Crippen LogP contribution in [0.25, 0.3) is 0 Å². The Bertz CT molecular complexity index is 1610. The summed E-state index contributed by atoms with van der Waals surface area (Å²) in [6, 6.07) is 21.0. The van der Waals surface area contributed by atoms with Gasteiger partial charge in [0, 0.05) is 0 Å². The second-order valence-electron chi connectivity index (χ2n) is 12.5. The number of carboxylic acids is 4. The fraction of sp³-hybridized carbons (Fsp3) is 0.317. The molecule has 0 bridgehead atoms. The quantitative estimate of drug-likeness (QED) is 0.0870. The van der Waals surface area contributed by atoms with Crippen molar-refractivity contribution in [3.8, 4) is 0 Å². The zero-order valence-corrected chi connectivity index (χ0v) is 28.5. The van der Waals surface area contributed by atoms with Crippen LogP contribution in [0, 0.1) is 0 Å². The summed E-state index contributed by atoms with van der Waals surface area (Å²) < 4.78 is 0. The molecular formula is C41H44O8. The lowest BCUT2D eigenvalue weighted by Crippen LogP contribution is -2.32. The highest BCUT2D eigenvalue weighted by molar-refractivity contribution is 5.92. The molecule has 0 aliphatic rings. The minimum Gasteiger partial charge on any atom is -0.478 e. The molecule has 8 heteroatoms. The van der Waals surface area contributed by atoms with Crippen molar-refractivity contribution in [3.63, 3.8) is 0 Å². The largest absolute Gasteiger partial charge is 0.478 e. The van der Waals surface area contributed by atoms with Crippen LogP contribution in [0.5, 0.6) is 0 Å². The molecule has 0 aliphatic heterocycles. The van der Waals surface area contributed by atoms with Crippen molar-refractivity contribution in [3.05, 3.63) is 140 Å². The minimum absolute atomic E-state index is 0.174. The third kappa shape index (κ3) is 7.28. The number of hydrogen-bond donors (Lipinski definition) is 4. The van der Waals surface area contributed by atoms with Crippen LogP contribution in [0.3, 0.4) is 0 Å². The highest BCUT2D eigenvalue weighted by Crippen LogP contribution is 2.47. The summed E-state index contributed by atoms with van der Waals surface area (Å²) in [5, 5.41) is 40.4. The van der Waals surface area contributed by atoms with Crippen molar-refractivity contribution < 1.29 is 39.6 Å². The van der Waals surface area contributed by atoms with Gasteiger partial charge in [0.1, 0.15) is 0 Å². The summed E-state index contributed by atoms with van der Waals surface area (Å²) >= 11 is 0. The fourth-order valence-corrected chi connectivity index (χ4v) is 7.05. The first-order valence-corrected chi connectivity index (χ1v) is 16.9. The van der Waals surface area contributed by atoms with Gasteiger partial charge in [-0.15, -0.1) is 0 Å². The van der Waals surface area contributed by atoms with E-state index in [1.807, 2.05) is 52.0 Å². The van der Waals surface area contributed by atoms with Gasteiger partial charge in [0.15, 0.2) is 0 Å². The van der Waals surface area contributed by atoms with Crippen LogP contribution < -0.4 is 0 Å². The minimum atomic E-state index is -1.22. The predicted molar refractivity (Wildman–Crippen MR) is 189 cm³/mol. The molecule has 4 N–H and O–H groups in total. The SMILES string of the molecule is CCCc1cc(C(c2ccc(C(=O)O)c(CCC)c2)(c2ccc(C(=O)O)c(CCC)c2)c2ccc(C(=O)O)c(CCC)c2)ccc1C(=O)O. The van der Waals surface area contributed by atoms with Gasteiger partial charge in [-0.2, -0.15) is 0 Å². The molecule has 4 aromatic rings. The van der Waals surface area contributed by atoms with E-state index in [-0.39, 0.29) is 22.3 Å². The average Bonchev–Trinajstić information content (AvgIpc) is 3.06. The first-order valence-electron chi connectivity index (χ1n) is 16.9. The van der Waals surface area contributed by atoms with Crippen LogP contribution in [0.4, 0.5) is 0 Å². The maximum atomic E-state index is 12.4. The van der Waals surface area contributed by atoms with Gasteiger partial charge in [-0.25, -0.2) is 19.2 Å². The Morgan fingerprint density at radius 2 is 0.612 bits per heavy atom. The number of aromatic carboxylic acids is 4. The number of hydrogen-bond acceptors (Lipinski definition) is 4. The number of carboxylic acid groups (broad SMARTS) is 4. The molecule has 49 heavy (non-hydrogen) atoms. The summed E-state index contributed by atoms with van der Waals surface area (Å²) in [7, 11) is 0. The normalized spacial score (nSPS) is 11.3. The molecule has 0 saturated carbocycles. The lowest BCUT2D eigenvalue weighted by Gasteiger charge is -2.38. The third-order valence-electron chi connectivity index (χ3n) is 9.15. The summed E-state index contributed by atoms with van der Waals surface area (Å²) in [5.41, 5.74) is 4.76. The van der Waals surface area contributed by atoms with Crippen LogP contribution >= 0.6 is 0 Å². The molecule has 0 aromatic heterocycles. The van der Waals surface area contributed by atoms with E-state index < -0.39 is 29.3 Å². The molecule has 4 rings (SSSR count). The van der Waals surface area contributed by atoms with Gasteiger partial charge in [-0.1, -0.05) is 102 Å². The molecule has 8 nitrogen and oxygen atoms in total. The van der Waals surface area contributed by atoms with Gasteiger partial charge < -0.3 is 20.4 Å². The summed E-state index contributed by atoms with van der Waals surface area (Å²) in [4.78, 5) is 49.4. The van der Waals surface area contributed by atoms with E-state index in [9.17, 15) is 39.6 Å². The average molecular weight is 665 g/mol. The maximum Gasteiger partial charge on any atom is 0.335 e. The van der Waals surface area contributed by atoms with Gasteiger partial charge in [-0.05, 0) is 94.5 Å². The Labute approximate surface area is 287 Å².